The number of amides is 2. The minimum Gasteiger partial charge on any atom is -0.365 e. The van der Waals surface area contributed by atoms with E-state index in [1.165, 1.54) is 44.1 Å². The molecule has 0 atom stereocenters. The molecule has 1 aliphatic heterocycles. The van der Waals surface area contributed by atoms with Crippen LogP contribution in [0, 0.1) is 6.92 Å². The van der Waals surface area contributed by atoms with Crippen molar-refractivity contribution in [2.24, 2.45) is 0 Å². The lowest BCUT2D eigenvalue weighted by Crippen LogP contribution is -2.53. The van der Waals surface area contributed by atoms with E-state index in [1.807, 2.05) is 9.42 Å². The van der Waals surface area contributed by atoms with Crippen LogP contribution in [0.4, 0.5) is 15.7 Å². The third-order valence-electron chi connectivity index (χ3n) is 7.70. The fourth-order valence-electron chi connectivity index (χ4n) is 5.69. The molecule has 2 N–H and O–H groups in total. The van der Waals surface area contributed by atoms with Crippen LogP contribution < -0.4 is 15.5 Å². The van der Waals surface area contributed by atoms with Crippen molar-refractivity contribution in [1.29, 1.82) is 0 Å². The van der Waals surface area contributed by atoms with Crippen LogP contribution in [0.3, 0.4) is 0 Å². The maximum atomic E-state index is 12.7. The Bertz CT molecular complexity index is 1180. The van der Waals surface area contributed by atoms with E-state index >= 15 is 0 Å². The Balaban J connectivity index is 1.20. The van der Waals surface area contributed by atoms with Gasteiger partial charge in [0.15, 0.2) is 5.82 Å². The van der Waals surface area contributed by atoms with Gasteiger partial charge in [-0.2, -0.15) is 4.52 Å². The highest BCUT2D eigenvalue weighted by Crippen LogP contribution is 2.35. The zero-order valence-electron chi connectivity index (χ0n) is 20.5. The average Bonchev–Trinajstić information content (AvgIpc) is 3.66. The van der Waals surface area contributed by atoms with Crippen molar-refractivity contribution in [2.45, 2.75) is 70.4 Å². The maximum absolute atomic E-state index is 12.7. The van der Waals surface area contributed by atoms with E-state index in [0.29, 0.717) is 12.1 Å². The van der Waals surface area contributed by atoms with E-state index in [2.05, 4.69) is 46.7 Å². The number of carbonyl (C=O) groups is 1. The lowest BCUT2D eigenvalue weighted by molar-refractivity contribution is 0.190. The number of aryl methyl sites for hydroxylation is 1. The van der Waals surface area contributed by atoms with Gasteiger partial charge in [-0.25, -0.2) is 9.78 Å². The summed E-state index contributed by atoms with van der Waals surface area (Å²) in [4.78, 5) is 22.9. The quantitative estimate of drug-likeness (QED) is 0.529. The van der Waals surface area contributed by atoms with Gasteiger partial charge in [-0.3, -0.25) is 0 Å². The first-order chi connectivity index (χ1) is 17.1. The molecular weight excluding hydrogens is 458 g/mol. The number of anilines is 2. The summed E-state index contributed by atoms with van der Waals surface area (Å²) in [7, 11) is 0. The molecule has 6 rings (SSSR count). The molecule has 3 aromatic rings. The molecule has 1 aromatic carbocycles. The molecule has 8 nitrogen and oxygen atoms in total. The van der Waals surface area contributed by atoms with E-state index in [9.17, 15) is 4.79 Å². The van der Waals surface area contributed by atoms with Crippen molar-refractivity contribution >= 4 is 33.3 Å². The van der Waals surface area contributed by atoms with Crippen LogP contribution in [0.25, 0.3) is 16.2 Å². The number of benzene rings is 1. The second-order valence-corrected chi connectivity index (χ2v) is 11.2. The average molecular weight is 494 g/mol. The SMILES string of the molecule is Cc1cccc(-c2nc3sc(N4CCN(C(=O)NC5CCCC5)CC4)nn3c2NC2CCCC2)c1. The van der Waals surface area contributed by atoms with E-state index < -0.39 is 0 Å². The fourth-order valence-corrected chi connectivity index (χ4v) is 6.64. The Kier molecular flexibility index (Phi) is 6.26. The standard InChI is InChI=1S/C26H35N7OS/c1-18-7-6-8-19(17-18)22-23(27-20-9-2-3-10-20)33-25(29-22)35-26(30-33)32-15-13-31(14-16-32)24(34)28-21-11-4-5-12-21/h6-8,17,20-21,27H,2-5,9-16H2,1H3,(H,28,34). The number of fused-ring (bicyclic) bond motifs is 1. The molecule has 9 heteroatoms. The predicted octanol–water partition coefficient (Wildman–Crippen LogP) is 4.89. The van der Waals surface area contributed by atoms with E-state index in [-0.39, 0.29) is 6.03 Å². The predicted molar refractivity (Wildman–Crippen MR) is 141 cm³/mol. The van der Waals surface area contributed by atoms with Crippen LogP contribution >= 0.6 is 11.3 Å². The van der Waals surface area contributed by atoms with Gasteiger partial charge in [0, 0.05) is 43.8 Å². The van der Waals surface area contributed by atoms with Crippen molar-refractivity contribution in [2.75, 3.05) is 36.4 Å². The van der Waals surface area contributed by atoms with Gasteiger partial charge in [0.2, 0.25) is 10.1 Å². The Morgan fingerprint density at radius 3 is 2.43 bits per heavy atom. The number of urea groups is 1. The van der Waals surface area contributed by atoms with Crippen molar-refractivity contribution < 1.29 is 4.79 Å². The largest absolute Gasteiger partial charge is 0.365 e. The molecule has 2 amide bonds. The van der Waals surface area contributed by atoms with Gasteiger partial charge in [0.25, 0.3) is 0 Å². The van der Waals surface area contributed by atoms with Gasteiger partial charge in [-0.1, -0.05) is 60.8 Å². The van der Waals surface area contributed by atoms with Gasteiger partial charge in [0.05, 0.1) is 0 Å². The molecule has 186 valence electrons. The molecule has 3 aliphatic rings. The van der Waals surface area contributed by atoms with Gasteiger partial charge < -0.3 is 20.4 Å². The van der Waals surface area contributed by atoms with Crippen LogP contribution in [0.5, 0.6) is 0 Å². The van der Waals surface area contributed by atoms with E-state index in [4.69, 9.17) is 10.1 Å². The number of rotatable bonds is 5. The summed E-state index contributed by atoms with van der Waals surface area (Å²) in [6.45, 7) is 5.16. The fraction of sp³-hybridized carbons (Fsp3) is 0.577. The third kappa shape index (κ3) is 4.70. The highest BCUT2D eigenvalue weighted by atomic mass is 32.1. The second-order valence-electron chi connectivity index (χ2n) is 10.3. The first-order valence-electron chi connectivity index (χ1n) is 13.2. The van der Waals surface area contributed by atoms with Crippen molar-refractivity contribution in [1.82, 2.24) is 24.8 Å². The van der Waals surface area contributed by atoms with Crippen LogP contribution in [-0.2, 0) is 0 Å². The summed E-state index contributed by atoms with van der Waals surface area (Å²) in [5.74, 6) is 1.01. The lowest BCUT2D eigenvalue weighted by atomic mass is 10.1. The smallest absolute Gasteiger partial charge is 0.317 e. The van der Waals surface area contributed by atoms with Crippen molar-refractivity contribution in [3.63, 3.8) is 0 Å². The monoisotopic (exact) mass is 493 g/mol. The highest BCUT2D eigenvalue weighted by Gasteiger charge is 2.28. The number of hydrogen-bond acceptors (Lipinski definition) is 6. The van der Waals surface area contributed by atoms with Crippen LogP contribution in [0.15, 0.2) is 24.3 Å². The third-order valence-corrected chi connectivity index (χ3v) is 8.67. The second kappa shape index (κ2) is 9.68. The number of carbonyl (C=O) groups excluding carboxylic acids is 1. The summed E-state index contributed by atoms with van der Waals surface area (Å²) in [5, 5.41) is 13.0. The molecule has 0 unspecified atom stereocenters. The minimum atomic E-state index is 0.0938. The van der Waals surface area contributed by atoms with Crippen LogP contribution in [-0.4, -0.2) is 63.8 Å². The molecule has 0 bridgehead atoms. The van der Waals surface area contributed by atoms with Crippen molar-refractivity contribution in [3.05, 3.63) is 29.8 Å². The summed E-state index contributed by atoms with van der Waals surface area (Å²) in [5.41, 5.74) is 3.35. The lowest BCUT2D eigenvalue weighted by Gasteiger charge is -2.34. The number of nitrogens with zero attached hydrogens (tertiary/aromatic N) is 5. The zero-order chi connectivity index (χ0) is 23.8. The minimum absolute atomic E-state index is 0.0938. The Labute approximate surface area is 210 Å². The van der Waals surface area contributed by atoms with Gasteiger partial charge >= 0.3 is 6.03 Å². The first-order valence-corrected chi connectivity index (χ1v) is 14.0. The number of imidazole rings is 1. The van der Waals surface area contributed by atoms with E-state index in [1.54, 1.807) is 11.3 Å². The molecule has 0 radical (unpaired) electrons. The molecule has 2 saturated carbocycles. The Morgan fingerprint density at radius 2 is 1.71 bits per heavy atom. The summed E-state index contributed by atoms with van der Waals surface area (Å²) in [6, 6.07) is 9.48. The normalized spacial score (nSPS) is 19.7. The van der Waals surface area contributed by atoms with E-state index in [0.717, 1.165) is 66.2 Å². The number of hydrogen-bond donors (Lipinski definition) is 2. The zero-order valence-corrected chi connectivity index (χ0v) is 21.3. The highest BCUT2D eigenvalue weighted by molar-refractivity contribution is 7.20. The molecule has 1 saturated heterocycles. The molecule has 3 fully saturated rings. The van der Waals surface area contributed by atoms with Crippen LogP contribution in [0.1, 0.15) is 56.9 Å². The Hall–Kier alpha value is -2.81. The van der Waals surface area contributed by atoms with Gasteiger partial charge in [-0.15, -0.1) is 5.10 Å². The van der Waals surface area contributed by atoms with Gasteiger partial charge in [-0.05, 0) is 38.7 Å². The summed E-state index contributed by atoms with van der Waals surface area (Å²) in [6.07, 6.45) is 9.64. The maximum Gasteiger partial charge on any atom is 0.317 e. The summed E-state index contributed by atoms with van der Waals surface area (Å²) < 4.78 is 2.01. The molecule has 0 spiro atoms. The first kappa shape index (κ1) is 22.6. The Morgan fingerprint density at radius 1 is 1.00 bits per heavy atom. The topological polar surface area (TPSA) is 77.8 Å². The van der Waals surface area contributed by atoms with Crippen molar-refractivity contribution in [3.8, 4) is 11.3 Å². The molecule has 3 heterocycles. The number of nitrogens with one attached hydrogen (secondary N) is 2. The number of aromatic nitrogens is 3. The number of piperazine rings is 1. The molecule has 2 aromatic heterocycles. The molecule has 35 heavy (non-hydrogen) atoms. The van der Waals surface area contributed by atoms with Gasteiger partial charge in [0.1, 0.15) is 5.69 Å². The molecule has 2 aliphatic carbocycles. The van der Waals surface area contributed by atoms with Crippen LogP contribution in [0.2, 0.25) is 0 Å². The summed E-state index contributed by atoms with van der Waals surface area (Å²) >= 11 is 1.64. The molecular formula is C26H35N7OS.